The lowest BCUT2D eigenvalue weighted by atomic mass is 10.1. The first-order chi connectivity index (χ1) is 13.5. The molecule has 0 saturated carbocycles. The molecule has 5 nitrogen and oxygen atoms in total. The number of para-hydroxylation sites is 1. The molecule has 3 rings (SSSR count). The highest BCUT2D eigenvalue weighted by atomic mass is 16.5. The summed E-state index contributed by atoms with van der Waals surface area (Å²) >= 11 is 0. The molecule has 0 saturated heterocycles. The summed E-state index contributed by atoms with van der Waals surface area (Å²) in [7, 11) is 0. The maximum Gasteiger partial charge on any atom is 0.340 e. The second-order valence-electron chi connectivity index (χ2n) is 6.53. The fourth-order valence-electron chi connectivity index (χ4n) is 3.33. The van der Waals surface area contributed by atoms with Crippen molar-refractivity contribution in [1.82, 2.24) is 4.57 Å². The summed E-state index contributed by atoms with van der Waals surface area (Å²) < 4.78 is 7.22. The molecule has 0 unspecified atom stereocenters. The molecule has 0 bridgehead atoms. The van der Waals surface area contributed by atoms with Gasteiger partial charge in [-0.2, -0.15) is 0 Å². The predicted molar refractivity (Wildman–Crippen MR) is 110 cm³/mol. The van der Waals surface area contributed by atoms with Gasteiger partial charge in [-0.25, -0.2) is 4.79 Å². The Labute approximate surface area is 165 Å². The number of benzene rings is 2. The van der Waals surface area contributed by atoms with Crippen molar-refractivity contribution in [3.63, 3.8) is 0 Å². The first-order valence-electron chi connectivity index (χ1n) is 9.30. The molecular weight excluding hydrogens is 352 g/mol. The number of carbonyl (C=O) groups is 2. The number of aromatic nitrogens is 1. The zero-order valence-corrected chi connectivity index (χ0v) is 16.4. The standard InChI is InChI=1S/C23H24N2O3/c1-4-28-23(27)21-17(3)25(15-18-11-7-5-8-12-18)16(2)20(21)22(26)24-19-13-9-6-10-14-19/h5-14H,4,15H2,1-3H3,(H,24,26). The Balaban J connectivity index is 2.04. The van der Waals surface area contributed by atoms with E-state index in [1.54, 1.807) is 6.92 Å². The zero-order chi connectivity index (χ0) is 20.1. The minimum Gasteiger partial charge on any atom is -0.462 e. The summed E-state index contributed by atoms with van der Waals surface area (Å²) in [4.78, 5) is 25.7. The van der Waals surface area contributed by atoms with Crippen LogP contribution in [0.4, 0.5) is 5.69 Å². The number of amides is 1. The van der Waals surface area contributed by atoms with E-state index in [1.165, 1.54) is 0 Å². The molecule has 0 fully saturated rings. The van der Waals surface area contributed by atoms with Crippen LogP contribution in [0.2, 0.25) is 0 Å². The third-order valence-corrected chi connectivity index (χ3v) is 4.71. The van der Waals surface area contributed by atoms with Crippen LogP contribution in [-0.4, -0.2) is 23.1 Å². The van der Waals surface area contributed by atoms with Gasteiger partial charge in [-0.05, 0) is 38.5 Å². The van der Waals surface area contributed by atoms with Gasteiger partial charge in [0.2, 0.25) is 0 Å². The van der Waals surface area contributed by atoms with Crippen molar-refractivity contribution < 1.29 is 14.3 Å². The first-order valence-corrected chi connectivity index (χ1v) is 9.30. The number of nitrogens with zero attached hydrogens (tertiary/aromatic N) is 1. The Kier molecular flexibility index (Phi) is 5.94. The second kappa shape index (κ2) is 8.57. The molecule has 2 aromatic carbocycles. The van der Waals surface area contributed by atoms with Crippen LogP contribution in [0.1, 0.15) is 44.6 Å². The van der Waals surface area contributed by atoms with E-state index >= 15 is 0 Å². The SMILES string of the molecule is CCOC(=O)c1c(C(=O)Nc2ccccc2)c(C)n(Cc2ccccc2)c1C. The smallest absolute Gasteiger partial charge is 0.340 e. The van der Waals surface area contributed by atoms with Crippen molar-refractivity contribution in [3.8, 4) is 0 Å². The summed E-state index contributed by atoms with van der Waals surface area (Å²) in [6, 6.07) is 19.1. The van der Waals surface area contributed by atoms with E-state index in [-0.39, 0.29) is 12.5 Å². The molecule has 1 amide bonds. The lowest BCUT2D eigenvalue weighted by molar-refractivity contribution is 0.0522. The van der Waals surface area contributed by atoms with Gasteiger partial charge in [0.1, 0.15) is 0 Å². The molecule has 1 heterocycles. The van der Waals surface area contributed by atoms with Crippen LogP contribution >= 0.6 is 0 Å². The molecule has 144 valence electrons. The molecule has 28 heavy (non-hydrogen) atoms. The van der Waals surface area contributed by atoms with Crippen LogP contribution < -0.4 is 5.32 Å². The van der Waals surface area contributed by atoms with Crippen molar-refractivity contribution in [1.29, 1.82) is 0 Å². The Morgan fingerprint density at radius 2 is 1.46 bits per heavy atom. The molecule has 5 heteroatoms. The highest BCUT2D eigenvalue weighted by Gasteiger charge is 2.28. The van der Waals surface area contributed by atoms with Crippen LogP contribution in [0.25, 0.3) is 0 Å². The summed E-state index contributed by atoms with van der Waals surface area (Å²) in [6.07, 6.45) is 0. The van der Waals surface area contributed by atoms with Crippen LogP contribution in [-0.2, 0) is 11.3 Å². The summed E-state index contributed by atoms with van der Waals surface area (Å²) in [5, 5.41) is 2.88. The second-order valence-corrected chi connectivity index (χ2v) is 6.53. The van der Waals surface area contributed by atoms with Gasteiger partial charge < -0.3 is 14.6 Å². The predicted octanol–water partition coefficient (Wildman–Crippen LogP) is 4.58. The van der Waals surface area contributed by atoms with Crippen LogP contribution in [0.3, 0.4) is 0 Å². The topological polar surface area (TPSA) is 60.3 Å². The maximum atomic E-state index is 13.1. The van der Waals surface area contributed by atoms with Gasteiger partial charge in [-0.15, -0.1) is 0 Å². The van der Waals surface area contributed by atoms with Gasteiger partial charge in [0, 0.05) is 23.6 Å². The van der Waals surface area contributed by atoms with Gasteiger partial charge in [-0.1, -0.05) is 48.5 Å². The lowest BCUT2D eigenvalue weighted by Gasteiger charge is -2.10. The number of anilines is 1. The van der Waals surface area contributed by atoms with E-state index in [9.17, 15) is 9.59 Å². The van der Waals surface area contributed by atoms with Crippen LogP contribution in [0.15, 0.2) is 60.7 Å². The van der Waals surface area contributed by atoms with Crippen LogP contribution in [0, 0.1) is 13.8 Å². The number of hydrogen-bond acceptors (Lipinski definition) is 3. The van der Waals surface area contributed by atoms with Gasteiger partial charge in [0.05, 0.1) is 17.7 Å². The Bertz CT molecular complexity index is 976. The fraction of sp³-hybridized carbons (Fsp3) is 0.217. The van der Waals surface area contributed by atoms with E-state index in [0.29, 0.717) is 23.4 Å². The van der Waals surface area contributed by atoms with E-state index in [0.717, 1.165) is 17.0 Å². The van der Waals surface area contributed by atoms with E-state index in [1.807, 2.05) is 79.1 Å². The van der Waals surface area contributed by atoms with Gasteiger partial charge in [0.15, 0.2) is 0 Å². The van der Waals surface area contributed by atoms with E-state index < -0.39 is 5.97 Å². The minimum absolute atomic E-state index is 0.251. The van der Waals surface area contributed by atoms with Gasteiger partial charge in [-0.3, -0.25) is 4.79 Å². The highest BCUT2D eigenvalue weighted by Crippen LogP contribution is 2.26. The average Bonchev–Trinajstić information content (AvgIpc) is 2.94. The third kappa shape index (κ3) is 3.98. The Morgan fingerprint density at radius 1 is 0.893 bits per heavy atom. The number of nitrogens with one attached hydrogen (secondary N) is 1. The monoisotopic (exact) mass is 376 g/mol. The molecule has 1 aromatic heterocycles. The Hall–Kier alpha value is -3.34. The molecule has 0 aliphatic heterocycles. The van der Waals surface area contributed by atoms with Crippen molar-refractivity contribution in [2.24, 2.45) is 0 Å². The number of esters is 1. The quantitative estimate of drug-likeness (QED) is 0.641. The first kappa shape index (κ1) is 19.4. The van der Waals surface area contributed by atoms with E-state index in [2.05, 4.69) is 5.32 Å². The molecule has 0 spiro atoms. The largest absolute Gasteiger partial charge is 0.462 e. The van der Waals surface area contributed by atoms with Crippen molar-refractivity contribution >= 4 is 17.6 Å². The fourth-order valence-corrected chi connectivity index (χ4v) is 3.33. The van der Waals surface area contributed by atoms with Crippen molar-refractivity contribution in [2.45, 2.75) is 27.3 Å². The average molecular weight is 376 g/mol. The zero-order valence-electron chi connectivity index (χ0n) is 16.4. The molecular formula is C23H24N2O3. The molecule has 0 radical (unpaired) electrons. The van der Waals surface area contributed by atoms with Crippen molar-refractivity contribution in [2.75, 3.05) is 11.9 Å². The van der Waals surface area contributed by atoms with Gasteiger partial charge in [0.25, 0.3) is 5.91 Å². The number of rotatable bonds is 6. The summed E-state index contributed by atoms with van der Waals surface area (Å²) in [5.74, 6) is -0.796. The van der Waals surface area contributed by atoms with E-state index in [4.69, 9.17) is 4.74 Å². The third-order valence-electron chi connectivity index (χ3n) is 4.71. The molecule has 3 aromatic rings. The van der Waals surface area contributed by atoms with Gasteiger partial charge >= 0.3 is 5.97 Å². The van der Waals surface area contributed by atoms with Crippen LogP contribution in [0.5, 0.6) is 0 Å². The number of ether oxygens (including phenoxy) is 1. The number of hydrogen-bond donors (Lipinski definition) is 1. The highest BCUT2D eigenvalue weighted by molar-refractivity contribution is 6.12. The Morgan fingerprint density at radius 3 is 2.07 bits per heavy atom. The van der Waals surface area contributed by atoms with Crippen molar-refractivity contribution in [3.05, 3.63) is 88.7 Å². The maximum absolute atomic E-state index is 13.1. The lowest BCUT2D eigenvalue weighted by Crippen LogP contribution is -2.17. The minimum atomic E-state index is -0.479. The summed E-state index contributed by atoms with van der Waals surface area (Å²) in [6.45, 7) is 6.29. The molecule has 1 N–H and O–H groups in total. The number of carbonyl (C=O) groups excluding carboxylic acids is 2. The summed E-state index contributed by atoms with van der Waals surface area (Å²) in [5.41, 5.74) is 3.90. The molecule has 0 aliphatic carbocycles. The molecule has 0 aliphatic rings. The normalized spacial score (nSPS) is 10.5. The molecule has 0 atom stereocenters.